The van der Waals surface area contributed by atoms with Crippen molar-refractivity contribution in [1.29, 1.82) is 0 Å². The summed E-state index contributed by atoms with van der Waals surface area (Å²) in [5, 5.41) is 28.9. The Morgan fingerprint density at radius 3 is 2.29 bits per heavy atom. The molecule has 0 atom stereocenters. The Kier molecular flexibility index (Phi) is 4.75. The molecule has 0 saturated heterocycles. The van der Waals surface area contributed by atoms with E-state index in [0.29, 0.717) is 5.56 Å². The first-order valence-electron chi connectivity index (χ1n) is 5.85. The van der Waals surface area contributed by atoms with Gasteiger partial charge in [-0.1, -0.05) is 30.3 Å². The molecule has 0 aliphatic rings. The second kappa shape index (κ2) is 6.21. The van der Waals surface area contributed by atoms with Crippen LogP contribution in [0.25, 0.3) is 22.3 Å². The largest absolute Gasteiger partial charge is 1.00 e. The molecular formula is C15H10KO5+. The molecule has 1 aromatic heterocycles. The summed E-state index contributed by atoms with van der Waals surface area (Å²) < 4.78 is 5.45. The summed E-state index contributed by atoms with van der Waals surface area (Å²) in [5.74, 6) is -1.26. The number of phenolic OH excluding ortho intramolecular Hbond substituents is 2. The molecule has 100 valence electrons. The minimum atomic E-state index is -0.748. The van der Waals surface area contributed by atoms with E-state index in [1.54, 1.807) is 30.3 Å². The molecule has 3 rings (SSSR count). The molecule has 5 nitrogen and oxygen atoms in total. The predicted octanol–water partition coefficient (Wildman–Crippen LogP) is -0.419. The molecule has 6 heteroatoms. The van der Waals surface area contributed by atoms with Crippen LogP contribution < -0.4 is 56.8 Å². The molecule has 1 heterocycles. The topological polar surface area (TPSA) is 90.9 Å². The Morgan fingerprint density at radius 2 is 1.62 bits per heavy atom. The molecule has 21 heavy (non-hydrogen) atoms. The Balaban J connectivity index is 0.00000161. The first kappa shape index (κ1) is 16.1. The molecular weight excluding hydrogens is 299 g/mol. The maximum Gasteiger partial charge on any atom is 1.00 e. The van der Waals surface area contributed by atoms with Gasteiger partial charge in [-0.25, -0.2) is 0 Å². The predicted molar refractivity (Wildman–Crippen MR) is 72.9 cm³/mol. The molecule has 0 aliphatic heterocycles. The number of fused-ring (bicyclic) bond motifs is 1. The summed E-state index contributed by atoms with van der Waals surface area (Å²) in [7, 11) is 0. The second-order valence-electron chi connectivity index (χ2n) is 4.31. The van der Waals surface area contributed by atoms with Crippen LogP contribution in [-0.4, -0.2) is 15.3 Å². The average molecular weight is 309 g/mol. The zero-order valence-electron chi connectivity index (χ0n) is 11.2. The van der Waals surface area contributed by atoms with E-state index in [4.69, 9.17) is 4.42 Å². The van der Waals surface area contributed by atoms with E-state index >= 15 is 0 Å². The van der Waals surface area contributed by atoms with Gasteiger partial charge in [0.2, 0.25) is 11.2 Å². The number of benzene rings is 2. The van der Waals surface area contributed by atoms with Gasteiger partial charge in [-0.2, -0.15) is 0 Å². The number of hydrogen-bond donors (Lipinski definition) is 3. The van der Waals surface area contributed by atoms with Gasteiger partial charge in [0.1, 0.15) is 22.5 Å². The van der Waals surface area contributed by atoms with E-state index in [0.717, 1.165) is 6.07 Å². The van der Waals surface area contributed by atoms with E-state index in [1.165, 1.54) is 6.07 Å². The van der Waals surface area contributed by atoms with E-state index in [2.05, 4.69) is 0 Å². The maximum atomic E-state index is 12.1. The van der Waals surface area contributed by atoms with E-state index < -0.39 is 16.9 Å². The minimum absolute atomic E-state index is 0. The van der Waals surface area contributed by atoms with Gasteiger partial charge in [0.05, 0.1) is 0 Å². The Labute approximate surface area is 161 Å². The van der Waals surface area contributed by atoms with Crippen molar-refractivity contribution >= 4 is 11.0 Å². The van der Waals surface area contributed by atoms with Crippen molar-refractivity contribution in [3.63, 3.8) is 0 Å². The van der Waals surface area contributed by atoms with Crippen LogP contribution in [0, 0.1) is 0 Å². The monoisotopic (exact) mass is 309 g/mol. The first-order chi connectivity index (χ1) is 9.58. The van der Waals surface area contributed by atoms with Gasteiger partial charge in [0.25, 0.3) is 0 Å². The molecule has 0 fully saturated rings. The summed E-state index contributed by atoms with van der Waals surface area (Å²) in [4.78, 5) is 12.1. The molecule has 0 saturated carbocycles. The third-order valence-electron chi connectivity index (χ3n) is 2.97. The summed E-state index contributed by atoms with van der Waals surface area (Å²) in [5.41, 5.74) is -0.224. The van der Waals surface area contributed by atoms with Crippen molar-refractivity contribution in [2.75, 3.05) is 0 Å². The van der Waals surface area contributed by atoms with Gasteiger partial charge in [-0.05, 0) is 0 Å². The van der Waals surface area contributed by atoms with Crippen LogP contribution in [0.5, 0.6) is 17.2 Å². The van der Waals surface area contributed by atoms with E-state index in [9.17, 15) is 20.1 Å². The van der Waals surface area contributed by atoms with E-state index in [-0.39, 0.29) is 73.9 Å². The van der Waals surface area contributed by atoms with Gasteiger partial charge in [-0.3, -0.25) is 4.79 Å². The molecule has 2 aromatic carbocycles. The third-order valence-corrected chi connectivity index (χ3v) is 2.97. The van der Waals surface area contributed by atoms with Crippen molar-refractivity contribution in [3.8, 4) is 28.6 Å². The van der Waals surface area contributed by atoms with Gasteiger partial charge in [0, 0.05) is 17.7 Å². The standard InChI is InChI=1S/C15H10O5.K/c16-9-6-10(17)12-11(7-9)20-15(14(19)13(12)18)8-4-2-1-3-5-8;/h1-7,16-17,19H;/q;+1. The van der Waals surface area contributed by atoms with E-state index in [1.807, 2.05) is 0 Å². The summed E-state index contributed by atoms with van der Waals surface area (Å²) in [6.07, 6.45) is 0. The van der Waals surface area contributed by atoms with Crippen molar-refractivity contribution in [1.82, 2.24) is 0 Å². The van der Waals surface area contributed by atoms with Crippen molar-refractivity contribution in [2.24, 2.45) is 0 Å². The van der Waals surface area contributed by atoms with Crippen molar-refractivity contribution in [3.05, 3.63) is 52.7 Å². The molecule has 0 aliphatic carbocycles. The molecule has 0 bridgehead atoms. The molecule has 0 spiro atoms. The number of hydrogen-bond acceptors (Lipinski definition) is 5. The third kappa shape index (κ3) is 2.86. The van der Waals surface area contributed by atoms with Crippen LogP contribution >= 0.6 is 0 Å². The van der Waals surface area contributed by atoms with Gasteiger partial charge in [-0.15, -0.1) is 0 Å². The Bertz CT molecular complexity index is 855. The molecule has 0 unspecified atom stereocenters. The Hall–Kier alpha value is -1.31. The second-order valence-corrected chi connectivity index (χ2v) is 4.31. The van der Waals surface area contributed by atoms with Crippen LogP contribution in [0.15, 0.2) is 51.7 Å². The normalized spacial score (nSPS) is 10.3. The summed E-state index contributed by atoms with van der Waals surface area (Å²) in [6, 6.07) is 10.8. The first-order valence-corrected chi connectivity index (χ1v) is 5.85. The fraction of sp³-hybridized carbons (Fsp3) is 0. The number of rotatable bonds is 1. The van der Waals surface area contributed by atoms with Crippen LogP contribution in [0.3, 0.4) is 0 Å². The molecule has 0 radical (unpaired) electrons. The average Bonchev–Trinajstić information content (AvgIpc) is 2.43. The van der Waals surface area contributed by atoms with Crippen molar-refractivity contribution in [2.45, 2.75) is 0 Å². The fourth-order valence-electron chi connectivity index (χ4n) is 2.06. The Morgan fingerprint density at radius 1 is 0.952 bits per heavy atom. The molecule has 3 N–H and O–H groups in total. The number of phenols is 2. The number of aromatic hydroxyl groups is 3. The van der Waals surface area contributed by atoms with Gasteiger partial charge in [0.15, 0.2) is 5.76 Å². The minimum Gasteiger partial charge on any atom is -0.508 e. The van der Waals surface area contributed by atoms with Crippen LogP contribution in [0.2, 0.25) is 0 Å². The quantitative estimate of drug-likeness (QED) is 0.531. The summed E-state index contributed by atoms with van der Waals surface area (Å²) in [6.45, 7) is 0. The van der Waals surface area contributed by atoms with Crippen LogP contribution in [0.1, 0.15) is 0 Å². The fourth-order valence-corrected chi connectivity index (χ4v) is 2.06. The van der Waals surface area contributed by atoms with Crippen LogP contribution in [0.4, 0.5) is 0 Å². The smallest absolute Gasteiger partial charge is 0.508 e. The zero-order chi connectivity index (χ0) is 14.3. The SMILES string of the molecule is O=c1c(O)c(-c2ccccc2)oc2cc(O)cc(O)c12.[K+]. The molecule has 3 aromatic rings. The van der Waals surface area contributed by atoms with Crippen molar-refractivity contribution < 1.29 is 71.1 Å². The molecule has 0 amide bonds. The zero-order valence-corrected chi connectivity index (χ0v) is 14.3. The summed E-state index contributed by atoms with van der Waals surface area (Å²) >= 11 is 0. The van der Waals surface area contributed by atoms with Crippen LogP contribution in [-0.2, 0) is 0 Å². The van der Waals surface area contributed by atoms with Gasteiger partial charge < -0.3 is 19.7 Å². The van der Waals surface area contributed by atoms with Gasteiger partial charge >= 0.3 is 51.4 Å². The maximum absolute atomic E-state index is 12.1.